The molecule has 2 rings (SSSR count). The van der Waals surface area contributed by atoms with Gasteiger partial charge in [0.15, 0.2) is 0 Å². The standard InChI is InChI=1S/C14H15BrN2O2S2/c1-17(2)21(18,19)13-6-7-14(16-9-13)20-10-11-4-3-5-12(15)8-11/h3-9H,10H2,1-2H3. The molecular weight excluding hydrogens is 372 g/mol. The van der Waals surface area contributed by atoms with Crippen LogP contribution in [0.15, 0.2) is 57.0 Å². The quantitative estimate of drug-likeness (QED) is 0.738. The van der Waals surface area contributed by atoms with Crippen LogP contribution in [0.25, 0.3) is 0 Å². The van der Waals surface area contributed by atoms with Gasteiger partial charge in [-0.15, -0.1) is 11.8 Å². The molecule has 1 aromatic heterocycles. The van der Waals surface area contributed by atoms with Crippen molar-refractivity contribution in [2.45, 2.75) is 15.7 Å². The van der Waals surface area contributed by atoms with Gasteiger partial charge in [-0.25, -0.2) is 17.7 Å². The van der Waals surface area contributed by atoms with Gasteiger partial charge in [0, 0.05) is 30.5 Å². The van der Waals surface area contributed by atoms with Gasteiger partial charge in [0.05, 0.1) is 5.03 Å². The fourth-order valence-corrected chi connectivity index (χ4v) is 3.68. The normalized spacial score (nSPS) is 11.8. The van der Waals surface area contributed by atoms with Crippen molar-refractivity contribution >= 4 is 37.7 Å². The molecular formula is C14H15BrN2O2S2. The highest BCUT2D eigenvalue weighted by Crippen LogP contribution is 2.23. The molecule has 4 nitrogen and oxygen atoms in total. The summed E-state index contributed by atoms with van der Waals surface area (Å²) >= 11 is 5.01. The van der Waals surface area contributed by atoms with E-state index in [9.17, 15) is 8.42 Å². The second-order valence-electron chi connectivity index (χ2n) is 4.54. The van der Waals surface area contributed by atoms with Gasteiger partial charge in [0.2, 0.25) is 10.0 Å². The van der Waals surface area contributed by atoms with Crippen molar-refractivity contribution < 1.29 is 8.42 Å². The van der Waals surface area contributed by atoms with E-state index >= 15 is 0 Å². The van der Waals surface area contributed by atoms with E-state index in [4.69, 9.17) is 0 Å². The third-order valence-corrected chi connectivity index (χ3v) is 6.07. The molecule has 1 heterocycles. The average Bonchev–Trinajstić information content (AvgIpc) is 2.45. The van der Waals surface area contributed by atoms with E-state index in [1.807, 2.05) is 18.2 Å². The molecule has 0 radical (unpaired) electrons. The Hall–Kier alpha value is -0.890. The molecule has 0 N–H and O–H groups in total. The first-order chi connectivity index (χ1) is 9.89. The van der Waals surface area contributed by atoms with E-state index in [0.29, 0.717) is 0 Å². The zero-order chi connectivity index (χ0) is 15.5. The smallest absolute Gasteiger partial charge is 0.244 e. The molecule has 0 aliphatic rings. The Balaban J connectivity index is 2.07. The molecule has 0 amide bonds. The number of hydrogen-bond donors (Lipinski definition) is 0. The fourth-order valence-electron chi connectivity index (χ4n) is 1.60. The molecule has 0 spiro atoms. The summed E-state index contributed by atoms with van der Waals surface area (Å²) in [6.45, 7) is 0. The Labute approximate surface area is 137 Å². The van der Waals surface area contributed by atoms with E-state index in [-0.39, 0.29) is 4.90 Å². The molecule has 0 unspecified atom stereocenters. The first kappa shape index (κ1) is 16.5. The Bertz CT molecular complexity index is 716. The third kappa shape index (κ3) is 4.29. The lowest BCUT2D eigenvalue weighted by Gasteiger charge is -2.11. The number of aromatic nitrogens is 1. The number of nitrogens with zero attached hydrogens (tertiary/aromatic N) is 2. The van der Waals surface area contributed by atoms with Crippen molar-refractivity contribution in [2.24, 2.45) is 0 Å². The summed E-state index contributed by atoms with van der Waals surface area (Å²) in [5, 5.41) is 0.799. The van der Waals surface area contributed by atoms with Crippen molar-refractivity contribution in [3.8, 4) is 0 Å². The highest BCUT2D eigenvalue weighted by Gasteiger charge is 2.17. The zero-order valence-corrected chi connectivity index (χ0v) is 14.9. The number of thioether (sulfide) groups is 1. The van der Waals surface area contributed by atoms with Gasteiger partial charge in [-0.1, -0.05) is 28.1 Å². The van der Waals surface area contributed by atoms with Crippen molar-refractivity contribution in [3.63, 3.8) is 0 Å². The van der Waals surface area contributed by atoms with Gasteiger partial charge >= 0.3 is 0 Å². The topological polar surface area (TPSA) is 50.3 Å². The van der Waals surface area contributed by atoms with Crippen LogP contribution in [0.1, 0.15) is 5.56 Å². The number of sulfonamides is 1. The monoisotopic (exact) mass is 386 g/mol. The highest BCUT2D eigenvalue weighted by atomic mass is 79.9. The Morgan fingerprint density at radius 1 is 1.24 bits per heavy atom. The van der Waals surface area contributed by atoms with Crippen LogP contribution in [0.3, 0.4) is 0 Å². The first-order valence-electron chi connectivity index (χ1n) is 6.15. The van der Waals surface area contributed by atoms with Gasteiger partial charge in [-0.2, -0.15) is 0 Å². The molecule has 2 aromatic rings. The maximum absolute atomic E-state index is 11.9. The lowest BCUT2D eigenvalue weighted by molar-refractivity contribution is 0.520. The van der Waals surface area contributed by atoms with E-state index < -0.39 is 10.0 Å². The SMILES string of the molecule is CN(C)S(=O)(=O)c1ccc(SCc2cccc(Br)c2)nc1. The minimum absolute atomic E-state index is 0.208. The molecule has 0 aliphatic heterocycles. The summed E-state index contributed by atoms with van der Waals surface area (Å²) in [4.78, 5) is 4.42. The molecule has 0 bridgehead atoms. The summed E-state index contributed by atoms with van der Waals surface area (Å²) in [5.41, 5.74) is 1.18. The molecule has 7 heteroatoms. The van der Waals surface area contributed by atoms with E-state index in [1.54, 1.807) is 23.9 Å². The largest absolute Gasteiger partial charge is 0.249 e. The summed E-state index contributed by atoms with van der Waals surface area (Å²) < 4.78 is 26.1. The van der Waals surface area contributed by atoms with Gasteiger partial charge < -0.3 is 0 Å². The van der Waals surface area contributed by atoms with Gasteiger partial charge in [0.1, 0.15) is 4.90 Å². The zero-order valence-electron chi connectivity index (χ0n) is 11.7. The Kier molecular flexibility index (Phi) is 5.43. The predicted octanol–water partition coefficient (Wildman–Crippen LogP) is 3.39. The number of pyridine rings is 1. The van der Waals surface area contributed by atoms with Crippen LogP contribution >= 0.6 is 27.7 Å². The molecule has 0 aliphatic carbocycles. The second-order valence-corrected chi connectivity index (χ2v) is 8.60. The van der Waals surface area contributed by atoms with Crippen LogP contribution in [-0.2, 0) is 15.8 Å². The molecule has 1 aromatic carbocycles. The van der Waals surface area contributed by atoms with Crippen LogP contribution < -0.4 is 0 Å². The summed E-state index contributed by atoms with van der Waals surface area (Å²) in [6.07, 6.45) is 1.40. The fraction of sp³-hybridized carbons (Fsp3) is 0.214. The van der Waals surface area contributed by atoms with Crippen molar-refractivity contribution in [1.29, 1.82) is 0 Å². The van der Waals surface area contributed by atoms with Crippen LogP contribution in [0, 0.1) is 0 Å². The third-order valence-electron chi connectivity index (χ3n) is 2.76. The summed E-state index contributed by atoms with van der Waals surface area (Å²) in [6, 6.07) is 11.4. The Morgan fingerprint density at radius 2 is 2.00 bits per heavy atom. The van der Waals surface area contributed by atoms with Gasteiger partial charge in [-0.3, -0.25) is 0 Å². The van der Waals surface area contributed by atoms with Crippen molar-refractivity contribution in [2.75, 3.05) is 14.1 Å². The van der Waals surface area contributed by atoms with Crippen molar-refractivity contribution in [3.05, 3.63) is 52.6 Å². The van der Waals surface area contributed by atoms with Crippen molar-refractivity contribution in [1.82, 2.24) is 9.29 Å². The minimum Gasteiger partial charge on any atom is -0.249 e. The highest BCUT2D eigenvalue weighted by molar-refractivity contribution is 9.10. The van der Waals surface area contributed by atoms with E-state index in [1.165, 1.54) is 30.2 Å². The number of benzene rings is 1. The van der Waals surface area contributed by atoms with Crippen LogP contribution in [0.4, 0.5) is 0 Å². The number of halogens is 1. The van der Waals surface area contributed by atoms with Gasteiger partial charge in [-0.05, 0) is 29.8 Å². The van der Waals surface area contributed by atoms with Crippen LogP contribution in [0.2, 0.25) is 0 Å². The summed E-state index contributed by atoms with van der Waals surface area (Å²) in [5.74, 6) is 0.784. The molecule has 0 fully saturated rings. The van der Waals surface area contributed by atoms with Crippen LogP contribution in [-0.4, -0.2) is 31.8 Å². The lowest BCUT2D eigenvalue weighted by atomic mass is 10.2. The number of hydrogen-bond acceptors (Lipinski definition) is 4. The maximum atomic E-state index is 11.9. The van der Waals surface area contributed by atoms with Crippen LogP contribution in [0.5, 0.6) is 0 Å². The molecule has 0 saturated heterocycles. The molecule has 112 valence electrons. The van der Waals surface area contributed by atoms with Gasteiger partial charge in [0.25, 0.3) is 0 Å². The van der Waals surface area contributed by atoms with E-state index in [2.05, 4.69) is 27.0 Å². The lowest BCUT2D eigenvalue weighted by Crippen LogP contribution is -2.22. The predicted molar refractivity (Wildman–Crippen MR) is 88.8 cm³/mol. The minimum atomic E-state index is -3.41. The average molecular weight is 387 g/mol. The van der Waals surface area contributed by atoms with E-state index in [0.717, 1.165) is 15.3 Å². The first-order valence-corrected chi connectivity index (χ1v) is 9.37. The summed E-state index contributed by atoms with van der Waals surface area (Å²) in [7, 11) is -0.401. The maximum Gasteiger partial charge on any atom is 0.244 e. The Morgan fingerprint density at radius 3 is 2.57 bits per heavy atom. The second kappa shape index (κ2) is 6.91. The molecule has 0 atom stereocenters. The number of rotatable bonds is 5. The molecule has 21 heavy (non-hydrogen) atoms. The molecule has 0 saturated carbocycles.